The maximum Gasteiger partial charge on any atom is 0.245 e. The largest absolute Gasteiger partial charge is 0.467 e. The number of hydrogen-bond acceptors (Lipinski definition) is 4. The van der Waals surface area contributed by atoms with Crippen molar-refractivity contribution in [2.75, 3.05) is 13.1 Å². The summed E-state index contributed by atoms with van der Waals surface area (Å²) in [6, 6.07) is 5.08. The average molecular weight is 444 g/mol. The van der Waals surface area contributed by atoms with Crippen LogP contribution in [0.3, 0.4) is 0 Å². The molecule has 0 aliphatic carbocycles. The minimum Gasteiger partial charge on any atom is -0.467 e. The third-order valence-corrected chi connectivity index (χ3v) is 6.00. The Balaban J connectivity index is 1.43. The molecule has 1 saturated heterocycles. The van der Waals surface area contributed by atoms with Crippen molar-refractivity contribution in [3.8, 4) is 0 Å². The molecule has 1 N–H and O–H groups in total. The number of carbonyl (C=O) groups excluding carboxylic acids is 2. The monoisotopic (exact) mass is 444 g/mol. The van der Waals surface area contributed by atoms with Gasteiger partial charge in [0.25, 0.3) is 0 Å². The van der Waals surface area contributed by atoms with E-state index in [4.69, 9.17) is 4.42 Å². The normalized spacial score (nSPS) is 16.0. The highest BCUT2D eigenvalue weighted by Gasteiger charge is 2.34. The molecule has 2 amide bonds. The van der Waals surface area contributed by atoms with Gasteiger partial charge in [0, 0.05) is 31.1 Å². The van der Waals surface area contributed by atoms with Crippen LogP contribution in [0.1, 0.15) is 38.5 Å². The van der Waals surface area contributed by atoms with Crippen molar-refractivity contribution in [3.63, 3.8) is 0 Å². The molecular weight excluding hydrogens is 418 g/mol. The SMILES string of the molecule is CC(C)C(C(=O)N1CCC(C(=O)NCc2ccco2)CC1)n1cnc2cc(F)c(F)cc21. The van der Waals surface area contributed by atoms with E-state index in [2.05, 4.69) is 10.3 Å². The lowest BCUT2D eigenvalue weighted by atomic mass is 9.94. The minimum atomic E-state index is -0.976. The summed E-state index contributed by atoms with van der Waals surface area (Å²) >= 11 is 0. The number of amides is 2. The third-order valence-electron chi connectivity index (χ3n) is 6.00. The zero-order chi connectivity index (χ0) is 22.8. The van der Waals surface area contributed by atoms with Crippen molar-refractivity contribution < 1.29 is 22.8 Å². The van der Waals surface area contributed by atoms with Crippen LogP contribution in [-0.2, 0) is 16.1 Å². The van der Waals surface area contributed by atoms with Crippen LogP contribution in [0.25, 0.3) is 11.0 Å². The zero-order valence-electron chi connectivity index (χ0n) is 18.1. The smallest absolute Gasteiger partial charge is 0.245 e. The van der Waals surface area contributed by atoms with Gasteiger partial charge in [-0.2, -0.15) is 0 Å². The molecule has 9 heteroatoms. The molecule has 7 nitrogen and oxygen atoms in total. The number of rotatable bonds is 6. The molecule has 4 rings (SSSR count). The van der Waals surface area contributed by atoms with Gasteiger partial charge < -0.3 is 19.2 Å². The Bertz CT molecular complexity index is 1100. The fraction of sp³-hybridized carbons (Fsp3) is 0.435. The summed E-state index contributed by atoms with van der Waals surface area (Å²) in [5.41, 5.74) is 0.678. The van der Waals surface area contributed by atoms with Gasteiger partial charge in [-0.25, -0.2) is 13.8 Å². The first-order valence-corrected chi connectivity index (χ1v) is 10.8. The zero-order valence-corrected chi connectivity index (χ0v) is 18.1. The number of nitrogens with zero attached hydrogens (tertiary/aromatic N) is 3. The maximum absolute atomic E-state index is 13.8. The Labute approximate surface area is 184 Å². The fourth-order valence-corrected chi connectivity index (χ4v) is 4.25. The first-order valence-electron chi connectivity index (χ1n) is 10.8. The molecule has 1 aromatic carbocycles. The lowest BCUT2D eigenvalue weighted by Crippen LogP contribution is -2.46. The lowest BCUT2D eigenvalue weighted by Gasteiger charge is -2.35. The molecule has 1 aliphatic heterocycles. The second-order valence-corrected chi connectivity index (χ2v) is 8.49. The summed E-state index contributed by atoms with van der Waals surface area (Å²) in [5, 5.41) is 2.88. The quantitative estimate of drug-likeness (QED) is 0.629. The number of fused-ring (bicyclic) bond motifs is 1. The Kier molecular flexibility index (Phi) is 6.25. The van der Waals surface area contributed by atoms with Crippen molar-refractivity contribution in [2.24, 2.45) is 11.8 Å². The predicted molar refractivity (Wildman–Crippen MR) is 113 cm³/mol. The van der Waals surface area contributed by atoms with Gasteiger partial charge >= 0.3 is 0 Å². The molecule has 0 bridgehead atoms. The van der Waals surface area contributed by atoms with Crippen LogP contribution in [-0.4, -0.2) is 39.4 Å². The number of furan rings is 1. The van der Waals surface area contributed by atoms with E-state index in [0.29, 0.717) is 49.3 Å². The maximum atomic E-state index is 13.8. The van der Waals surface area contributed by atoms with Crippen LogP contribution >= 0.6 is 0 Å². The Morgan fingerprint density at radius 1 is 1.22 bits per heavy atom. The first kappa shape index (κ1) is 22.0. The van der Waals surface area contributed by atoms with Gasteiger partial charge in [0.2, 0.25) is 11.8 Å². The molecule has 0 saturated carbocycles. The number of carbonyl (C=O) groups is 2. The third kappa shape index (κ3) is 4.37. The number of imidazole rings is 1. The van der Waals surface area contributed by atoms with E-state index in [-0.39, 0.29) is 23.7 Å². The van der Waals surface area contributed by atoms with E-state index in [9.17, 15) is 18.4 Å². The molecule has 1 atom stereocenters. The summed E-state index contributed by atoms with van der Waals surface area (Å²) in [5.74, 6) is -1.68. The molecule has 32 heavy (non-hydrogen) atoms. The minimum absolute atomic E-state index is 0.0491. The molecule has 170 valence electrons. The standard InChI is InChI=1S/C23H26F2N4O3/c1-14(2)21(29-13-27-19-10-17(24)18(25)11-20(19)29)23(31)28-7-5-15(6-8-28)22(30)26-12-16-4-3-9-32-16/h3-4,9-11,13-15,21H,5-8,12H2,1-2H3,(H,26,30). The van der Waals surface area contributed by atoms with Gasteiger partial charge in [-0.3, -0.25) is 9.59 Å². The van der Waals surface area contributed by atoms with Crippen molar-refractivity contribution in [1.29, 1.82) is 0 Å². The van der Waals surface area contributed by atoms with Gasteiger partial charge in [0.15, 0.2) is 11.6 Å². The summed E-state index contributed by atoms with van der Waals surface area (Å²) in [4.78, 5) is 31.8. The van der Waals surface area contributed by atoms with Crippen molar-refractivity contribution in [1.82, 2.24) is 19.8 Å². The van der Waals surface area contributed by atoms with Gasteiger partial charge in [-0.05, 0) is 30.9 Å². The molecule has 3 aromatic rings. The van der Waals surface area contributed by atoms with E-state index in [1.54, 1.807) is 27.9 Å². The van der Waals surface area contributed by atoms with Gasteiger partial charge in [0.1, 0.15) is 11.8 Å². The Morgan fingerprint density at radius 3 is 2.59 bits per heavy atom. The highest BCUT2D eigenvalue weighted by Crippen LogP contribution is 2.29. The number of piperidine rings is 1. The average Bonchev–Trinajstić information content (AvgIpc) is 3.43. The van der Waals surface area contributed by atoms with E-state index in [1.807, 2.05) is 13.8 Å². The van der Waals surface area contributed by atoms with Gasteiger partial charge in [-0.15, -0.1) is 0 Å². The highest BCUT2D eigenvalue weighted by molar-refractivity contribution is 5.85. The van der Waals surface area contributed by atoms with Crippen molar-refractivity contribution in [3.05, 3.63) is 54.3 Å². The lowest BCUT2D eigenvalue weighted by molar-refractivity contribution is -0.139. The number of nitrogens with one attached hydrogen (secondary N) is 1. The summed E-state index contributed by atoms with van der Waals surface area (Å²) in [6.45, 7) is 5.06. The molecule has 1 unspecified atom stereocenters. The second-order valence-electron chi connectivity index (χ2n) is 8.49. The molecule has 0 spiro atoms. The number of likely N-dealkylation sites (tertiary alicyclic amines) is 1. The summed E-state index contributed by atoms with van der Waals surface area (Å²) in [7, 11) is 0. The number of halogens is 2. The predicted octanol–water partition coefficient (Wildman–Crippen LogP) is 3.66. The molecule has 1 fully saturated rings. The van der Waals surface area contributed by atoms with E-state index in [1.165, 1.54) is 6.33 Å². The van der Waals surface area contributed by atoms with Crippen LogP contribution in [0.15, 0.2) is 41.3 Å². The van der Waals surface area contributed by atoms with Crippen LogP contribution in [0.5, 0.6) is 0 Å². The summed E-state index contributed by atoms with van der Waals surface area (Å²) in [6.07, 6.45) is 4.14. The molecule has 0 radical (unpaired) electrons. The second kappa shape index (κ2) is 9.10. The Hall–Kier alpha value is -3.23. The highest BCUT2D eigenvalue weighted by atomic mass is 19.2. The molecule has 1 aliphatic rings. The molecular formula is C23H26F2N4O3. The van der Waals surface area contributed by atoms with Crippen LogP contribution in [0, 0.1) is 23.5 Å². The topological polar surface area (TPSA) is 80.4 Å². The van der Waals surface area contributed by atoms with E-state index < -0.39 is 17.7 Å². The fourth-order valence-electron chi connectivity index (χ4n) is 4.25. The van der Waals surface area contributed by atoms with Gasteiger partial charge in [0.05, 0.1) is 30.2 Å². The Morgan fingerprint density at radius 2 is 1.94 bits per heavy atom. The van der Waals surface area contributed by atoms with Gasteiger partial charge in [-0.1, -0.05) is 13.8 Å². The molecule has 3 heterocycles. The van der Waals surface area contributed by atoms with Crippen LogP contribution in [0.2, 0.25) is 0 Å². The first-order chi connectivity index (χ1) is 15.3. The van der Waals surface area contributed by atoms with Crippen molar-refractivity contribution >= 4 is 22.8 Å². The van der Waals surface area contributed by atoms with Crippen molar-refractivity contribution in [2.45, 2.75) is 39.3 Å². The number of hydrogen-bond donors (Lipinski definition) is 1. The van der Waals surface area contributed by atoms with Crippen LogP contribution in [0.4, 0.5) is 8.78 Å². The van der Waals surface area contributed by atoms with E-state index >= 15 is 0 Å². The number of aromatic nitrogens is 2. The van der Waals surface area contributed by atoms with Crippen LogP contribution < -0.4 is 5.32 Å². The molecule has 2 aromatic heterocycles. The summed E-state index contributed by atoms with van der Waals surface area (Å²) < 4.78 is 34.3. The van der Waals surface area contributed by atoms with E-state index in [0.717, 1.165) is 12.1 Å². The number of benzene rings is 1.